The molecule has 0 heterocycles. The van der Waals surface area contributed by atoms with E-state index in [1.54, 1.807) is 0 Å². The van der Waals surface area contributed by atoms with Crippen LogP contribution in [0.5, 0.6) is 17.2 Å². The summed E-state index contributed by atoms with van der Waals surface area (Å²) >= 11 is 0. The molecule has 4 N–H and O–H groups in total. The summed E-state index contributed by atoms with van der Waals surface area (Å²) in [5.41, 5.74) is 1.60. The molecule has 0 bridgehead atoms. The molecule has 0 aliphatic heterocycles. The predicted octanol–water partition coefficient (Wildman–Crippen LogP) is 5.15. The first-order chi connectivity index (χ1) is 13.9. The van der Waals surface area contributed by atoms with Crippen molar-refractivity contribution in [1.29, 1.82) is 0 Å². The number of ether oxygens (including phenoxy) is 1. The lowest BCUT2D eigenvalue weighted by Crippen LogP contribution is -2.24. The number of rotatable bonds is 9. The van der Waals surface area contributed by atoms with E-state index in [1.807, 2.05) is 31.2 Å². The van der Waals surface area contributed by atoms with Crippen LogP contribution in [0.4, 0.5) is 16.2 Å². The molecule has 0 aliphatic carbocycles. The third kappa shape index (κ3) is 7.03. The zero-order chi connectivity index (χ0) is 21.2. The molecular weight excluding hydrogens is 370 g/mol. The Morgan fingerprint density at radius 2 is 1.72 bits per heavy atom. The fourth-order valence-electron chi connectivity index (χ4n) is 2.69. The Bertz CT molecular complexity index is 835. The minimum Gasteiger partial charge on any atom is -0.506 e. The summed E-state index contributed by atoms with van der Waals surface area (Å²) in [4.78, 5) is 23.9. The van der Waals surface area contributed by atoms with Crippen LogP contribution >= 0.6 is 0 Å². The van der Waals surface area contributed by atoms with Gasteiger partial charge < -0.3 is 25.8 Å². The fourth-order valence-corrected chi connectivity index (χ4v) is 2.69. The Morgan fingerprint density at radius 1 is 1.00 bits per heavy atom. The van der Waals surface area contributed by atoms with E-state index < -0.39 is 6.03 Å². The number of phenolic OH excluding ortho intramolecular Hbond substituents is 1. The molecule has 2 rings (SSSR count). The van der Waals surface area contributed by atoms with E-state index >= 15 is 0 Å². The summed E-state index contributed by atoms with van der Waals surface area (Å²) in [6.45, 7) is 4.09. The smallest absolute Gasteiger partial charge is 0.319 e. The first-order valence-corrected chi connectivity index (χ1v) is 9.83. The van der Waals surface area contributed by atoms with Crippen LogP contribution in [0.1, 0.15) is 44.6 Å². The lowest BCUT2D eigenvalue weighted by molar-refractivity contribution is -0.116. The van der Waals surface area contributed by atoms with Crippen LogP contribution in [-0.2, 0) is 4.79 Å². The quantitative estimate of drug-likeness (QED) is 0.346. The van der Waals surface area contributed by atoms with Gasteiger partial charge in [-0.05, 0) is 25.5 Å². The van der Waals surface area contributed by atoms with E-state index in [-0.39, 0.29) is 17.3 Å². The number of anilines is 2. The maximum Gasteiger partial charge on any atom is 0.319 e. The lowest BCUT2D eigenvalue weighted by Gasteiger charge is -2.16. The number of amides is 3. The highest BCUT2D eigenvalue weighted by molar-refractivity contribution is 5.95. The molecule has 0 aromatic heterocycles. The van der Waals surface area contributed by atoms with Crippen molar-refractivity contribution in [3.05, 3.63) is 42.0 Å². The molecule has 29 heavy (non-hydrogen) atoms. The Balaban J connectivity index is 2.24. The van der Waals surface area contributed by atoms with E-state index in [0.717, 1.165) is 31.2 Å². The minimum absolute atomic E-state index is 0.152. The number of aromatic hydroxyl groups is 1. The summed E-state index contributed by atoms with van der Waals surface area (Å²) in [5.74, 6) is 0.568. The zero-order valence-corrected chi connectivity index (χ0v) is 17.2. The maximum absolute atomic E-state index is 12.3. The van der Waals surface area contributed by atoms with Gasteiger partial charge in [0.15, 0.2) is 5.75 Å². The van der Waals surface area contributed by atoms with Crippen molar-refractivity contribution in [2.45, 2.75) is 46.0 Å². The van der Waals surface area contributed by atoms with E-state index in [2.05, 4.69) is 22.9 Å². The van der Waals surface area contributed by atoms with Crippen molar-refractivity contribution in [2.75, 3.05) is 17.7 Å². The Labute approximate surface area is 171 Å². The largest absolute Gasteiger partial charge is 0.506 e. The molecule has 0 spiro atoms. The molecule has 7 heteroatoms. The van der Waals surface area contributed by atoms with Gasteiger partial charge >= 0.3 is 6.03 Å². The third-order valence-corrected chi connectivity index (χ3v) is 4.35. The molecule has 0 fully saturated rings. The average Bonchev–Trinajstić information content (AvgIpc) is 2.70. The normalized spacial score (nSPS) is 10.3. The van der Waals surface area contributed by atoms with Crippen molar-refractivity contribution in [3.63, 3.8) is 0 Å². The molecule has 3 amide bonds. The van der Waals surface area contributed by atoms with Gasteiger partial charge in [0.05, 0.1) is 11.4 Å². The van der Waals surface area contributed by atoms with Crippen molar-refractivity contribution in [1.82, 2.24) is 5.32 Å². The van der Waals surface area contributed by atoms with Gasteiger partial charge in [-0.25, -0.2) is 4.79 Å². The Kier molecular flexibility index (Phi) is 8.33. The standard InChI is InChI=1S/C22H29N3O4/c1-4-5-6-7-8-21(27)24-18-13-19(26)17(25-22(28)23-3)14-20(18)29-16-11-9-15(2)10-12-16/h9-14,26H,4-8H2,1-3H3,(H,24,27)(H2,23,25,28). The number of unbranched alkanes of at least 4 members (excludes halogenated alkanes) is 3. The number of benzene rings is 2. The van der Waals surface area contributed by atoms with Crippen LogP contribution in [0.25, 0.3) is 0 Å². The van der Waals surface area contributed by atoms with Crippen molar-refractivity contribution < 1.29 is 19.4 Å². The monoisotopic (exact) mass is 399 g/mol. The molecule has 2 aromatic rings. The number of hydrogen-bond donors (Lipinski definition) is 4. The molecule has 0 radical (unpaired) electrons. The highest BCUT2D eigenvalue weighted by atomic mass is 16.5. The van der Waals surface area contributed by atoms with Crippen LogP contribution in [0.15, 0.2) is 36.4 Å². The molecule has 0 saturated heterocycles. The van der Waals surface area contributed by atoms with Gasteiger partial charge in [0.1, 0.15) is 11.5 Å². The second-order valence-electron chi connectivity index (χ2n) is 6.84. The molecule has 7 nitrogen and oxygen atoms in total. The second kappa shape index (κ2) is 10.9. The second-order valence-corrected chi connectivity index (χ2v) is 6.84. The molecule has 0 saturated carbocycles. The van der Waals surface area contributed by atoms with E-state index in [0.29, 0.717) is 23.6 Å². The summed E-state index contributed by atoms with van der Waals surface area (Å²) in [6, 6.07) is 9.82. The number of phenols is 1. The maximum atomic E-state index is 12.3. The highest BCUT2D eigenvalue weighted by Crippen LogP contribution is 2.38. The number of urea groups is 1. The molecule has 156 valence electrons. The van der Waals surface area contributed by atoms with Gasteiger partial charge in [-0.1, -0.05) is 43.9 Å². The molecule has 0 aliphatic rings. The Hall–Kier alpha value is -3.22. The minimum atomic E-state index is -0.478. The summed E-state index contributed by atoms with van der Waals surface area (Å²) in [6.07, 6.45) is 4.38. The third-order valence-electron chi connectivity index (χ3n) is 4.35. The summed E-state index contributed by atoms with van der Waals surface area (Å²) in [7, 11) is 1.48. The van der Waals surface area contributed by atoms with E-state index in [9.17, 15) is 14.7 Å². The molecular formula is C22H29N3O4. The van der Waals surface area contributed by atoms with Crippen LogP contribution in [0, 0.1) is 6.92 Å². The highest BCUT2D eigenvalue weighted by Gasteiger charge is 2.15. The zero-order valence-electron chi connectivity index (χ0n) is 17.2. The lowest BCUT2D eigenvalue weighted by atomic mass is 10.1. The first-order valence-electron chi connectivity index (χ1n) is 9.83. The van der Waals surface area contributed by atoms with E-state index in [4.69, 9.17) is 4.74 Å². The number of nitrogens with one attached hydrogen (secondary N) is 3. The van der Waals surface area contributed by atoms with Crippen LogP contribution in [0.2, 0.25) is 0 Å². The summed E-state index contributed by atoms with van der Waals surface area (Å²) in [5, 5.41) is 18.0. The molecule has 2 aromatic carbocycles. The SMILES string of the molecule is CCCCCCC(=O)Nc1cc(O)c(NC(=O)NC)cc1Oc1ccc(C)cc1. The molecule has 0 atom stereocenters. The van der Waals surface area contributed by atoms with Crippen molar-refractivity contribution in [2.24, 2.45) is 0 Å². The van der Waals surface area contributed by atoms with Gasteiger partial charge in [0.2, 0.25) is 5.91 Å². The number of hydrogen-bond acceptors (Lipinski definition) is 4. The van der Waals surface area contributed by atoms with Crippen molar-refractivity contribution >= 4 is 23.3 Å². The van der Waals surface area contributed by atoms with Gasteiger partial charge in [0, 0.05) is 25.6 Å². The van der Waals surface area contributed by atoms with Crippen LogP contribution in [-0.4, -0.2) is 24.1 Å². The van der Waals surface area contributed by atoms with Gasteiger partial charge in [-0.2, -0.15) is 0 Å². The van der Waals surface area contributed by atoms with Crippen LogP contribution in [0.3, 0.4) is 0 Å². The van der Waals surface area contributed by atoms with Gasteiger partial charge in [-0.15, -0.1) is 0 Å². The van der Waals surface area contributed by atoms with Crippen molar-refractivity contribution in [3.8, 4) is 17.2 Å². The fraction of sp³-hybridized carbons (Fsp3) is 0.364. The molecule has 0 unspecified atom stereocenters. The summed E-state index contributed by atoms with van der Waals surface area (Å²) < 4.78 is 5.92. The number of carbonyl (C=O) groups is 2. The van der Waals surface area contributed by atoms with E-state index in [1.165, 1.54) is 19.2 Å². The number of aryl methyl sites for hydroxylation is 1. The number of carbonyl (C=O) groups excluding carboxylic acids is 2. The predicted molar refractivity (Wildman–Crippen MR) is 115 cm³/mol. The topological polar surface area (TPSA) is 99.7 Å². The van der Waals surface area contributed by atoms with Crippen LogP contribution < -0.4 is 20.7 Å². The first kappa shape index (κ1) is 22.1. The van der Waals surface area contributed by atoms with Gasteiger partial charge in [0.25, 0.3) is 0 Å². The van der Waals surface area contributed by atoms with Gasteiger partial charge in [-0.3, -0.25) is 4.79 Å². The Morgan fingerprint density at radius 3 is 2.38 bits per heavy atom. The average molecular weight is 399 g/mol.